The Morgan fingerprint density at radius 2 is 2.00 bits per heavy atom. The third-order valence-corrected chi connectivity index (χ3v) is 5.42. The van der Waals surface area contributed by atoms with E-state index in [2.05, 4.69) is 5.10 Å². The van der Waals surface area contributed by atoms with Crippen LogP contribution in [0.25, 0.3) is 10.9 Å². The summed E-state index contributed by atoms with van der Waals surface area (Å²) in [7, 11) is 0.205. The average Bonchev–Trinajstić information content (AvgIpc) is 3.03. The fourth-order valence-electron chi connectivity index (χ4n) is 2.89. The first-order valence-electron chi connectivity index (χ1n) is 8.20. The number of nitrogen functional groups attached to an aromatic ring is 1. The zero-order valence-electron chi connectivity index (χ0n) is 15.0. The molecule has 0 aliphatic carbocycles. The summed E-state index contributed by atoms with van der Waals surface area (Å²) in [5.74, 6) is 1.14. The molecular formula is C18H20ClFN4O2S. The van der Waals surface area contributed by atoms with Crippen molar-refractivity contribution in [3.63, 3.8) is 0 Å². The quantitative estimate of drug-likeness (QED) is 0.604. The number of benzene rings is 2. The minimum absolute atomic E-state index is 0.0355. The minimum atomic E-state index is -1.39. The number of methoxy groups -OCH3 is 1. The van der Waals surface area contributed by atoms with Gasteiger partial charge in [-0.15, -0.1) is 0 Å². The molecule has 0 saturated carbocycles. The maximum Gasteiger partial charge on any atom is 0.172 e. The van der Waals surface area contributed by atoms with Crippen LogP contribution >= 0.6 is 11.6 Å². The smallest absolute Gasteiger partial charge is 0.172 e. The van der Waals surface area contributed by atoms with Crippen molar-refractivity contribution >= 4 is 45.0 Å². The zero-order chi connectivity index (χ0) is 19.6. The fraction of sp³-hybridized carbons (Fsp3) is 0.278. The lowest BCUT2D eigenvalue weighted by molar-refractivity contribution is 0.414. The van der Waals surface area contributed by atoms with Crippen LogP contribution in [0.4, 0.5) is 15.9 Å². The van der Waals surface area contributed by atoms with E-state index in [9.17, 15) is 8.60 Å². The van der Waals surface area contributed by atoms with E-state index in [1.54, 1.807) is 29.8 Å². The highest BCUT2D eigenvalue weighted by molar-refractivity contribution is 7.85. The lowest BCUT2D eigenvalue weighted by Gasteiger charge is -2.20. The van der Waals surface area contributed by atoms with Crippen LogP contribution in [-0.4, -0.2) is 34.0 Å². The summed E-state index contributed by atoms with van der Waals surface area (Å²) < 4.78 is 33.8. The molecule has 9 heteroatoms. The monoisotopic (exact) mass is 410 g/mol. The molecule has 1 aromatic heterocycles. The first-order chi connectivity index (χ1) is 13.0. The summed E-state index contributed by atoms with van der Waals surface area (Å²) in [4.78, 5) is 0. The molecule has 3 aromatic rings. The molecule has 0 bridgehead atoms. The molecular weight excluding hydrogens is 391 g/mol. The van der Waals surface area contributed by atoms with Crippen LogP contribution in [0.5, 0.6) is 5.75 Å². The molecule has 0 spiro atoms. The van der Waals surface area contributed by atoms with Crippen LogP contribution in [-0.2, 0) is 24.1 Å². The molecule has 0 aliphatic rings. The average molecular weight is 411 g/mol. The summed E-state index contributed by atoms with van der Waals surface area (Å²) in [6.07, 6.45) is 1.56. The van der Waals surface area contributed by atoms with E-state index in [4.69, 9.17) is 22.1 Å². The van der Waals surface area contributed by atoms with Gasteiger partial charge in [0.1, 0.15) is 23.4 Å². The van der Waals surface area contributed by atoms with Gasteiger partial charge >= 0.3 is 0 Å². The first-order valence-corrected chi connectivity index (χ1v) is 10.1. The number of ether oxygens (including phenoxy) is 1. The Labute approximate surface area is 164 Å². The number of hydrogen-bond donors (Lipinski definition) is 1. The molecule has 0 fully saturated rings. The molecule has 27 heavy (non-hydrogen) atoms. The van der Waals surface area contributed by atoms with Crippen molar-refractivity contribution in [2.24, 2.45) is 0 Å². The first kappa shape index (κ1) is 19.4. The number of nitrogens with two attached hydrogens (primary N) is 1. The van der Waals surface area contributed by atoms with E-state index >= 15 is 0 Å². The molecule has 1 unspecified atom stereocenters. The molecule has 1 heterocycles. The maximum atomic E-state index is 13.0. The lowest BCUT2D eigenvalue weighted by atomic mass is 10.2. The van der Waals surface area contributed by atoms with Gasteiger partial charge in [-0.1, -0.05) is 23.7 Å². The number of aryl methyl sites for hydroxylation is 1. The second-order valence-corrected chi connectivity index (χ2v) is 7.60. The Balaban J connectivity index is 2.11. The van der Waals surface area contributed by atoms with Crippen molar-refractivity contribution in [2.75, 3.05) is 30.1 Å². The molecule has 0 radical (unpaired) electrons. The van der Waals surface area contributed by atoms with Crippen LogP contribution in [0.1, 0.15) is 5.56 Å². The molecule has 2 aromatic carbocycles. The largest absolute Gasteiger partial charge is 0.497 e. The molecule has 1 atom stereocenters. The predicted octanol–water partition coefficient (Wildman–Crippen LogP) is 3.55. The Morgan fingerprint density at radius 3 is 2.59 bits per heavy atom. The van der Waals surface area contributed by atoms with Gasteiger partial charge in [0.2, 0.25) is 0 Å². The van der Waals surface area contributed by atoms with Gasteiger partial charge in [-0.05, 0) is 29.8 Å². The van der Waals surface area contributed by atoms with Gasteiger partial charge in [0.05, 0.1) is 41.8 Å². The number of hydrogen-bond acceptors (Lipinski definition) is 4. The molecule has 0 aliphatic heterocycles. The van der Waals surface area contributed by atoms with Crippen LogP contribution in [0.15, 0.2) is 36.4 Å². The SMILES string of the molecule is COc1ccc(CN(c2nn(CCF)c3c(N)ccc(Cl)c23)S(C)=O)cc1. The standard InChI is InChI=1S/C18H20ClFN4O2S/c1-26-13-5-3-12(4-6-13)11-24(27(2)25)18-16-14(19)7-8-15(21)17(16)23(22-18)10-9-20/h3-8H,9-11,21H2,1-2H3. The summed E-state index contributed by atoms with van der Waals surface area (Å²) >= 11 is 6.39. The number of rotatable bonds is 7. The molecule has 144 valence electrons. The third kappa shape index (κ3) is 3.86. The van der Waals surface area contributed by atoms with E-state index < -0.39 is 17.7 Å². The highest BCUT2D eigenvalue weighted by Crippen LogP contribution is 2.37. The van der Waals surface area contributed by atoms with Crippen LogP contribution in [0.3, 0.4) is 0 Å². The molecule has 2 N–H and O–H groups in total. The van der Waals surface area contributed by atoms with Gasteiger partial charge in [-0.3, -0.25) is 8.99 Å². The van der Waals surface area contributed by atoms with Crippen LogP contribution in [0.2, 0.25) is 5.02 Å². The molecule has 6 nitrogen and oxygen atoms in total. The van der Waals surface area contributed by atoms with E-state index in [1.165, 1.54) is 4.68 Å². The Morgan fingerprint density at radius 1 is 1.30 bits per heavy atom. The van der Waals surface area contributed by atoms with Gasteiger partial charge < -0.3 is 10.5 Å². The second-order valence-electron chi connectivity index (χ2n) is 5.90. The number of halogens is 2. The van der Waals surface area contributed by atoms with E-state index in [1.807, 2.05) is 24.3 Å². The van der Waals surface area contributed by atoms with Gasteiger partial charge in [-0.2, -0.15) is 5.10 Å². The Kier molecular flexibility index (Phi) is 5.86. The minimum Gasteiger partial charge on any atom is -0.497 e. The normalized spacial score (nSPS) is 12.3. The van der Waals surface area contributed by atoms with E-state index in [-0.39, 0.29) is 6.54 Å². The van der Waals surface area contributed by atoms with Crippen molar-refractivity contribution in [1.29, 1.82) is 0 Å². The summed E-state index contributed by atoms with van der Waals surface area (Å²) in [6, 6.07) is 10.7. The Bertz CT molecular complexity index is 978. The lowest BCUT2D eigenvalue weighted by Crippen LogP contribution is -2.25. The highest BCUT2D eigenvalue weighted by Gasteiger charge is 2.23. The van der Waals surface area contributed by atoms with Crippen molar-refractivity contribution < 1.29 is 13.3 Å². The number of anilines is 2. The van der Waals surface area contributed by atoms with Crippen molar-refractivity contribution in [3.05, 3.63) is 47.0 Å². The number of nitrogens with zero attached hydrogens (tertiary/aromatic N) is 3. The zero-order valence-corrected chi connectivity index (χ0v) is 16.6. The predicted molar refractivity (Wildman–Crippen MR) is 108 cm³/mol. The van der Waals surface area contributed by atoms with Gasteiger partial charge in [-0.25, -0.2) is 8.60 Å². The summed E-state index contributed by atoms with van der Waals surface area (Å²) in [6.45, 7) is -0.233. The number of aromatic nitrogens is 2. The van der Waals surface area contributed by atoms with Crippen molar-refractivity contribution in [1.82, 2.24) is 9.78 Å². The topological polar surface area (TPSA) is 73.4 Å². The molecule has 3 rings (SSSR count). The maximum absolute atomic E-state index is 13.0. The fourth-order valence-corrected chi connectivity index (χ4v) is 3.83. The van der Waals surface area contributed by atoms with E-state index in [0.717, 1.165) is 11.3 Å². The summed E-state index contributed by atoms with van der Waals surface area (Å²) in [5.41, 5.74) is 7.98. The van der Waals surface area contributed by atoms with Crippen molar-refractivity contribution in [2.45, 2.75) is 13.1 Å². The molecule has 0 amide bonds. The highest BCUT2D eigenvalue weighted by atomic mass is 35.5. The van der Waals surface area contributed by atoms with Gasteiger partial charge in [0, 0.05) is 6.26 Å². The summed E-state index contributed by atoms with van der Waals surface area (Å²) in [5, 5.41) is 5.46. The second kappa shape index (κ2) is 8.14. The van der Waals surface area contributed by atoms with Gasteiger partial charge in [0.25, 0.3) is 0 Å². The van der Waals surface area contributed by atoms with Crippen LogP contribution < -0.4 is 14.8 Å². The van der Waals surface area contributed by atoms with Gasteiger partial charge in [0.15, 0.2) is 5.82 Å². The number of fused-ring (bicyclic) bond motifs is 1. The molecule has 0 saturated heterocycles. The third-order valence-electron chi connectivity index (χ3n) is 4.18. The Hall–Kier alpha value is -2.32. The number of alkyl halides is 1. The van der Waals surface area contributed by atoms with E-state index in [0.29, 0.717) is 34.0 Å². The van der Waals surface area contributed by atoms with Crippen LogP contribution in [0, 0.1) is 0 Å². The van der Waals surface area contributed by atoms with Crippen molar-refractivity contribution in [3.8, 4) is 5.75 Å².